The van der Waals surface area contributed by atoms with Gasteiger partial charge in [0.25, 0.3) is 5.56 Å². The van der Waals surface area contributed by atoms with Crippen molar-refractivity contribution in [2.24, 2.45) is 0 Å². The van der Waals surface area contributed by atoms with Crippen molar-refractivity contribution in [3.05, 3.63) is 22.7 Å². The summed E-state index contributed by atoms with van der Waals surface area (Å²) in [6.45, 7) is 1.82. The molecule has 3 rings (SSSR count). The zero-order valence-corrected chi connectivity index (χ0v) is 12.5. The molecule has 6 heteroatoms. The second-order valence-electron chi connectivity index (χ2n) is 5.61. The van der Waals surface area contributed by atoms with E-state index in [1.807, 2.05) is 11.8 Å². The summed E-state index contributed by atoms with van der Waals surface area (Å²) in [4.78, 5) is 20.9. The SMILES string of the molecule is O=c1[nH]ccnc1N1CCC[C@H](N[C@@H]2CCCSC2)C1. The Morgan fingerprint density at radius 1 is 1.35 bits per heavy atom. The van der Waals surface area contributed by atoms with E-state index in [0.29, 0.717) is 17.9 Å². The topological polar surface area (TPSA) is 61.0 Å². The van der Waals surface area contributed by atoms with Gasteiger partial charge >= 0.3 is 0 Å². The summed E-state index contributed by atoms with van der Waals surface area (Å²) < 4.78 is 0. The molecule has 2 aliphatic heterocycles. The van der Waals surface area contributed by atoms with E-state index < -0.39 is 0 Å². The quantitative estimate of drug-likeness (QED) is 0.878. The van der Waals surface area contributed by atoms with E-state index in [4.69, 9.17) is 0 Å². The van der Waals surface area contributed by atoms with Crippen molar-refractivity contribution < 1.29 is 0 Å². The van der Waals surface area contributed by atoms with E-state index in [9.17, 15) is 4.79 Å². The number of H-pyrrole nitrogens is 1. The van der Waals surface area contributed by atoms with E-state index in [0.717, 1.165) is 19.5 Å². The van der Waals surface area contributed by atoms with Crippen molar-refractivity contribution in [3.63, 3.8) is 0 Å². The lowest BCUT2D eigenvalue weighted by Gasteiger charge is -2.36. The van der Waals surface area contributed by atoms with Crippen molar-refractivity contribution in [2.45, 2.75) is 37.8 Å². The maximum Gasteiger partial charge on any atom is 0.290 e. The zero-order valence-electron chi connectivity index (χ0n) is 11.7. The molecular weight excluding hydrogens is 272 g/mol. The predicted molar refractivity (Wildman–Crippen MR) is 83.6 cm³/mol. The van der Waals surface area contributed by atoms with Crippen LogP contribution in [0.2, 0.25) is 0 Å². The third-order valence-electron chi connectivity index (χ3n) is 4.04. The van der Waals surface area contributed by atoms with Gasteiger partial charge in [-0.25, -0.2) is 4.98 Å². The van der Waals surface area contributed by atoms with Gasteiger partial charge in [0.2, 0.25) is 0 Å². The Labute approximate surface area is 123 Å². The van der Waals surface area contributed by atoms with Gasteiger partial charge in [-0.3, -0.25) is 4.79 Å². The summed E-state index contributed by atoms with van der Waals surface area (Å²) >= 11 is 2.05. The average Bonchev–Trinajstić information content (AvgIpc) is 2.49. The standard InChI is InChI=1S/C14H22N4OS/c19-14-13(15-5-6-16-14)18-7-1-3-11(9-18)17-12-4-2-8-20-10-12/h5-6,11-12,17H,1-4,7-10H2,(H,16,19)/t11-,12+/m0/s1. The molecule has 20 heavy (non-hydrogen) atoms. The Hall–Kier alpha value is -1.01. The van der Waals surface area contributed by atoms with Gasteiger partial charge in [-0.15, -0.1) is 0 Å². The molecule has 3 heterocycles. The first-order valence-electron chi connectivity index (χ1n) is 7.45. The summed E-state index contributed by atoms with van der Waals surface area (Å²) in [7, 11) is 0. The van der Waals surface area contributed by atoms with Crippen LogP contribution in [0.25, 0.3) is 0 Å². The number of nitrogens with zero attached hydrogens (tertiary/aromatic N) is 2. The first-order valence-corrected chi connectivity index (χ1v) is 8.61. The first-order chi connectivity index (χ1) is 9.83. The van der Waals surface area contributed by atoms with Crippen LogP contribution in [0.3, 0.4) is 0 Å². The minimum atomic E-state index is -0.0821. The number of hydrogen-bond donors (Lipinski definition) is 2. The summed E-state index contributed by atoms with van der Waals surface area (Å²) in [6, 6.07) is 1.12. The van der Waals surface area contributed by atoms with Crippen molar-refractivity contribution >= 4 is 17.6 Å². The van der Waals surface area contributed by atoms with Crippen LogP contribution in [-0.4, -0.2) is 46.6 Å². The fourth-order valence-electron chi connectivity index (χ4n) is 3.08. The van der Waals surface area contributed by atoms with Gasteiger partial charge in [-0.2, -0.15) is 11.8 Å². The van der Waals surface area contributed by atoms with Gasteiger partial charge in [0.1, 0.15) is 0 Å². The number of hydrogen-bond acceptors (Lipinski definition) is 5. The number of piperidine rings is 1. The smallest absolute Gasteiger partial charge is 0.290 e. The number of aromatic amines is 1. The van der Waals surface area contributed by atoms with Gasteiger partial charge in [-0.05, 0) is 31.4 Å². The highest BCUT2D eigenvalue weighted by Gasteiger charge is 2.25. The van der Waals surface area contributed by atoms with Crippen LogP contribution in [0.1, 0.15) is 25.7 Å². The maximum absolute atomic E-state index is 11.8. The number of thioether (sulfide) groups is 1. The molecule has 0 aromatic carbocycles. The van der Waals surface area contributed by atoms with Crippen LogP contribution in [0.4, 0.5) is 5.82 Å². The molecule has 1 aromatic rings. The van der Waals surface area contributed by atoms with Gasteiger partial charge in [0, 0.05) is 43.3 Å². The monoisotopic (exact) mass is 294 g/mol. The molecule has 5 nitrogen and oxygen atoms in total. The Morgan fingerprint density at radius 2 is 2.25 bits per heavy atom. The molecule has 2 saturated heterocycles. The lowest BCUT2D eigenvalue weighted by molar-refractivity contribution is 0.371. The van der Waals surface area contributed by atoms with Gasteiger partial charge in [0.15, 0.2) is 5.82 Å². The van der Waals surface area contributed by atoms with Crippen LogP contribution < -0.4 is 15.8 Å². The molecular formula is C14H22N4OS. The third-order valence-corrected chi connectivity index (χ3v) is 5.26. The molecule has 110 valence electrons. The van der Waals surface area contributed by atoms with E-state index in [2.05, 4.69) is 20.2 Å². The zero-order chi connectivity index (χ0) is 13.8. The van der Waals surface area contributed by atoms with Crippen molar-refractivity contribution in [2.75, 3.05) is 29.5 Å². The van der Waals surface area contributed by atoms with Crippen LogP contribution >= 0.6 is 11.8 Å². The Bertz CT molecular complexity index is 486. The van der Waals surface area contributed by atoms with Crippen molar-refractivity contribution in [1.29, 1.82) is 0 Å². The molecule has 0 bridgehead atoms. The summed E-state index contributed by atoms with van der Waals surface area (Å²) in [5, 5.41) is 3.77. The highest BCUT2D eigenvalue weighted by atomic mass is 32.2. The number of aromatic nitrogens is 2. The highest BCUT2D eigenvalue weighted by Crippen LogP contribution is 2.20. The first kappa shape index (κ1) is 13.9. The average molecular weight is 294 g/mol. The molecule has 1 aromatic heterocycles. The molecule has 0 spiro atoms. The van der Waals surface area contributed by atoms with Crippen LogP contribution in [0, 0.1) is 0 Å². The van der Waals surface area contributed by atoms with Gasteiger partial charge in [0.05, 0.1) is 0 Å². The minimum absolute atomic E-state index is 0.0821. The normalized spacial score (nSPS) is 27.5. The number of nitrogens with one attached hydrogen (secondary N) is 2. The second-order valence-corrected chi connectivity index (χ2v) is 6.76. The van der Waals surface area contributed by atoms with Crippen molar-refractivity contribution in [1.82, 2.24) is 15.3 Å². The Kier molecular flexibility index (Phi) is 4.62. The third kappa shape index (κ3) is 3.35. The van der Waals surface area contributed by atoms with E-state index >= 15 is 0 Å². The molecule has 2 fully saturated rings. The van der Waals surface area contributed by atoms with E-state index in [1.54, 1.807) is 12.4 Å². The van der Waals surface area contributed by atoms with Crippen LogP contribution in [-0.2, 0) is 0 Å². The number of rotatable bonds is 3. The largest absolute Gasteiger partial charge is 0.350 e. The predicted octanol–water partition coefficient (Wildman–Crippen LogP) is 1.22. The summed E-state index contributed by atoms with van der Waals surface area (Å²) in [6.07, 6.45) is 8.17. The Morgan fingerprint density at radius 3 is 3.05 bits per heavy atom. The molecule has 0 radical (unpaired) electrons. The maximum atomic E-state index is 11.8. The van der Waals surface area contributed by atoms with E-state index in [-0.39, 0.29) is 5.56 Å². The summed E-state index contributed by atoms with van der Waals surface area (Å²) in [5.41, 5.74) is -0.0821. The lowest BCUT2D eigenvalue weighted by atomic mass is 10.0. The number of anilines is 1. The summed E-state index contributed by atoms with van der Waals surface area (Å²) in [5.74, 6) is 3.09. The van der Waals surface area contributed by atoms with Crippen molar-refractivity contribution in [3.8, 4) is 0 Å². The fraction of sp³-hybridized carbons (Fsp3) is 0.714. The fourth-order valence-corrected chi connectivity index (χ4v) is 4.17. The minimum Gasteiger partial charge on any atom is -0.350 e. The molecule has 2 aliphatic rings. The van der Waals surface area contributed by atoms with Gasteiger partial charge in [-0.1, -0.05) is 0 Å². The lowest BCUT2D eigenvalue weighted by Crippen LogP contribution is -2.51. The van der Waals surface area contributed by atoms with E-state index in [1.165, 1.54) is 30.8 Å². The second kappa shape index (κ2) is 6.63. The van der Waals surface area contributed by atoms with Gasteiger partial charge < -0.3 is 15.2 Å². The molecule has 0 unspecified atom stereocenters. The van der Waals surface area contributed by atoms with Crippen LogP contribution in [0.5, 0.6) is 0 Å². The molecule has 0 aliphatic carbocycles. The molecule has 0 amide bonds. The molecule has 2 atom stereocenters. The molecule has 0 saturated carbocycles. The highest BCUT2D eigenvalue weighted by molar-refractivity contribution is 7.99. The van der Waals surface area contributed by atoms with Crippen LogP contribution in [0.15, 0.2) is 17.2 Å². The Balaban J connectivity index is 1.61. The molecule has 2 N–H and O–H groups in total.